The molecule has 2 rings (SSSR count). The number of rotatable bonds is 0. The zero-order valence-electron chi connectivity index (χ0n) is 8.68. The van der Waals surface area contributed by atoms with E-state index in [0.29, 0.717) is 0 Å². The Morgan fingerprint density at radius 2 is 1.69 bits per heavy atom. The number of benzene rings is 1. The van der Waals surface area contributed by atoms with Gasteiger partial charge in [-0.15, -0.1) is 0 Å². The third kappa shape index (κ3) is 1.15. The molecule has 1 aromatic heterocycles. The molecule has 0 bridgehead atoms. The summed E-state index contributed by atoms with van der Waals surface area (Å²) >= 11 is 0. The highest BCUT2D eigenvalue weighted by atomic mass is 14.9. The van der Waals surface area contributed by atoms with Crippen LogP contribution in [0.4, 0.5) is 0 Å². The fraction of sp³-hybridized carbons (Fsp3) is 0.333. The third-order valence-electron chi connectivity index (χ3n) is 2.75. The second-order valence-electron chi connectivity index (χ2n) is 3.86. The van der Waals surface area contributed by atoms with Crippen LogP contribution in [0.2, 0.25) is 0 Å². The van der Waals surface area contributed by atoms with Gasteiger partial charge in [-0.2, -0.15) is 0 Å². The summed E-state index contributed by atoms with van der Waals surface area (Å²) in [5.74, 6) is 0. The predicted molar refractivity (Wildman–Crippen MR) is 57.1 cm³/mol. The minimum absolute atomic E-state index is 1.32. The normalized spacial score (nSPS) is 11.1. The van der Waals surface area contributed by atoms with Crippen LogP contribution in [0.15, 0.2) is 18.2 Å². The topological polar surface area (TPSA) is 4.93 Å². The van der Waals surface area contributed by atoms with Gasteiger partial charge >= 0.3 is 0 Å². The minimum atomic E-state index is 1.32. The molecule has 2 aromatic rings. The van der Waals surface area contributed by atoms with Crippen LogP contribution >= 0.6 is 0 Å². The fourth-order valence-electron chi connectivity index (χ4n) is 1.92. The molecular formula is C12H15N. The van der Waals surface area contributed by atoms with Gasteiger partial charge < -0.3 is 4.57 Å². The van der Waals surface area contributed by atoms with E-state index in [2.05, 4.69) is 50.6 Å². The summed E-state index contributed by atoms with van der Waals surface area (Å²) in [6, 6.07) is 6.74. The third-order valence-corrected chi connectivity index (χ3v) is 2.75. The summed E-state index contributed by atoms with van der Waals surface area (Å²) in [6.07, 6.45) is 0. The molecule has 0 saturated carbocycles. The smallest absolute Gasteiger partial charge is 0.0485 e. The van der Waals surface area contributed by atoms with Crippen molar-refractivity contribution in [3.63, 3.8) is 0 Å². The highest BCUT2D eigenvalue weighted by molar-refractivity contribution is 5.85. The summed E-state index contributed by atoms with van der Waals surface area (Å²) in [5, 5.41) is 1.38. The van der Waals surface area contributed by atoms with Crippen LogP contribution in [0.5, 0.6) is 0 Å². The molecule has 0 aliphatic carbocycles. The lowest BCUT2D eigenvalue weighted by atomic mass is 10.1. The number of hydrogen-bond donors (Lipinski definition) is 0. The second kappa shape index (κ2) is 2.63. The highest BCUT2D eigenvalue weighted by Crippen LogP contribution is 2.23. The lowest BCUT2D eigenvalue weighted by molar-refractivity contribution is 0.917. The van der Waals surface area contributed by atoms with E-state index >= 15 is 0 Å². The highest BCUT2D eigenvalue weighted by Gasteiger charge is 2.04. The lowest BCUT2D eigenvalue weighted by Gasteiger charge is -2.02. The zero-order chi connectivity index (χ0) is 9.59. The van der Waals surface area contributed by atoms with Gasteiger partial charge in [0.05, 0.1) is 0 Å². The first-order chi connectivity index (χ1) is 6.09. The average molecular weight is 173 g/mol. The van der Waals surface area contributed by atoms with Crippen molar-refractivity contribution in [3.8, 4) is 0 Å². The van der Waals surface area contributed by atoms with Gasteiger partial charge in [0, 0.05) is 23.6 Å². The van der Waals surface area contributed by atoms with Crippen LogP contribution in [0.25, 0.3) is 10.9 Å². The van der Waals surface area contributed by atoms with Crippen molar-refractivity contribution in [1.82, 2.24) is 4.57 Å². The molecule has 0 aliphatic rings. The second-order valence-corrected chi connectivity index (χ2v) is 3.86. The number of aromatic nitrogens is 1. The lowest BCUT2D eigenvalue weighted by Crippen LogP contribution is -1.89. The fourth-order valence-corrected chi connectivity index (χ4v) is 1.92. The van der Waals surface area contributed by atoms with Gasteiger partial charge in [0.25, 0.3) is 0 Å². The van der Waals surface area contributed by atoms with Gasteiger partial charge in [-0.3, -0.25) is 0 Å². The Morgan fingerprint density at radius 3 is 2.38 bits per heavy atom. The Hall–Kier alpha value is -1.24. The molecule has 1 heterocycles. The maximum absolute atomic E-state index is 2.25. The maximum atomic E-state index is 2.25. The van der Waals surface area contributed by atoms with Gasteiger partial charge in [-0.1, -0.05) is 6.07 Å². The van der Waals surface area contributed by atoms with Gasteiger partial charge in [0.2, 0.25) is 0 Å². The molecule has 1 heteroatoms. The minimum Gasteiger partial charge on any atom is -0.348 e. The Balaban J connectivity index is 2.94. The summed E-state index contributed by atoms with van der Waals surface area (Å²) < 4.78 is 2.25. The Morgan fingerprint density at radius 1 is 1.00 bits per heavy atom. The molecule has 0 aliphatic heterocycles. The molecule has 0 amide bonds. The monoisotopic (exact) mass is 173 g/mol. The van der Waals surface area contributed by atoms with E-state index in [0.717, 1.165) is 0 Å². The van der Waals surface area contributed by atoms with Crippen LogP contribution in [0, 0.1) is 20.8 Å². The van der Waals surface area contributed by atoms with E-state index in [4.69, 9.17) is 0 Å². The SMILES string of the molecule is Cc1cc(C)c2cc(C)n(C)c2c1. The predicted octanol–water partition coefficient (Wildman–Crippen LogP) is 3.10. The molecule has 0 radical (unpaired) electrons. The van der Waals surface area contributed by atoms with Crippen LogP contribution in [-0.2, 0) is 7.05 Å². The quantitative estimate of drug-likeness (QED) is 0.577. The van der Waals surface area contributed by atoms with Gasteiger partial charge in [-0.05, 0) is 44.0 Å². The van der Waals surface area contributed by atoms with E-state index in [1.54, 1.807) is 0 Å². The largest absolute Gasteiger partial charge is 0.348 e. The van der Waals surface area contributed by atoms with Gasteiger partial charge in [0.15, 0.2) is 0 Å². The molecule has 1 aromatic carbocycles. The molecule has 0 atom stereocenters. The Labute approximate surface area is 79.0 Å². The summed E-state index contributed by atoms with van der Waals surface area (Å²) in [5.41, 5.74) is 5.38. The van der Waals surface area contributed by atoms with Crippen molar-refractivity contribution >= 4 is 10.9 Å². The van der Waals surface area contributed by atoms with E-state index < -0.39 is 0 Å². The molecular weight excluding hydrogens is 158 g/mol. The van der Waals surface area contributed by atoms with Crippen LogP contribution in [-0.4, -0.2) is 4.57 Å². The van der Waals surface area contributed by atoms with Crippen LogP contribution in [0.1, 0.15) is 16.8 Å². The standard InChI is InChI=1S/C12H15N/c1-8-5-9(2)11-7-10(3)13(4)12(11)6-8/h5-7H,1-4H3. The van der Waals surface area contributed by atoms with Crippen molar-refractivity contribution in [2.24, 2.45) is 7.05 Å². The zero-order valence-corrected chi connectivity index (χ0v) is 8.68. The maximum Gasteiger partial charge on any atom is 0.0485 e. The Kier molecular flexibility index (Phi) is 1.69. The van der Waals surface area contributed by atoms with Crippen LogP contribution < -0.4 is 0 Å². The molecule has 0 spiro atoms. The Bertz CT molecular complexity index is 463. The summed E-state index contributed by atoms with van der Waals surface area (Å²) in [6.45, 7) is 6.47. The molecule has 1 nitrogen and oxygen atoms in total. The molecule has 0 N–H and O–H groups in total. The van der Waals surface area contributed by atoms with Crippen LogP contribution in [0.3, 0.4) is 0 Å². The first-order valence-electron chi connectivity index (χ1n) is 4.63. The van der Waals surface area contributed by atoms with Gasteiger partial charge in [0.1, 0.15) is 0 Å². The van der Waals surface area contributed by atoms with E-state index in [1.165, 1.54) is 27.7 Å². The van der Waals surface area contributed by atoms with E-state index in [1.807, 2.05) is 0 Å². The van der Waals surface area contributed by atoms with E-state index in [-0.39, 0.29) is 0 Å². The summed E-state index contributed by atoms with van der Waals surface area (Å²) in [7, 11) is 2.12. The molecule has 0 unspecified atom stereocenters. The molecule has 68 valence electrons. The molecule has 0 fully saturated rings. The number of fused-ring (bicyclic) bond motifs is 1. The average Bonchev–Trinajstić information content (AvgIpc) is 2.32. The van der Waals surface area contributed by atoms with Crippen molar-refractivity contribution in [2.45, 2.75) is 20.8 Å². The van der Waals surface area contributed by atoms with Crippen molar-refractivity contribution in [1.29, 1.82) is 0 Å². The molecule has 0 saturated heterocycles. The van der Waals surface area contributed by atoms with Crippen molar-refractivity contribution < 1.29 is 0 Å². The van der Waals surface area contributed by atoms with Gasteiger partial charge in [-0.25, -0.2) is 0 Å². The van der Waals surface area contributed by atoms with Crippen molar-refractivity contribution in [2.75, 3.05) is 0 Å². The first kappa shape index (κ1) is 8.36. The van der Waals surface area contributed by atoms with E-state index in [9.17, 15) is 0 Å². The number of aryl methyl sites for hydroxylation is 4. The van der Waals surface area contributed by atoms with Crippen molar-refractivity contribution in [3.05, 3.63) is 35.0 Å². The first-order valence-corrected chi connectivity index (χ1v) is 4.63. The molecule has 13 heavy (non-hydrogen) atoms. The number of hydrogen-bond acceptors (Lipinski definition) is 0. The number of nitrogens with zero attached hydrogens (tertiary/aromatic N) is 1. The summed E-state index contributed by atoms with van der Waals surface area (Å²) in [4.78, 5) is 0.